The normalized spacial score (nSPS) is 34.7. The highest BCUT2D eigenvalue weighted by Gasteiger charge is 2.51. The number of hydrogen-bond donors (Lipinski definition) is 2. The van der Waals surface area contributed by atoms with E-state index in [0.29, 0.717) is 6.54 Å². The molecule has 0 heterocycles. The van der Waals surface area contributed by atoms with Crippen LogP contribution in [0, 0.1) is 17.8 Å². The molecule has 4 saturated carbocycles. The van der Waals surface area contributed by atoms with Crippen LogP contribution in [0.15, 0.2) is 0 Å². The molecule has 4 fully saturated rings. The first-order valence-corrected chi connectivity index (χ1v) is 9.18. The molecular formula is C18H31ClN2O3. The van der Waals surface area contributed by atoms with Crippen molar-refractivity contribution in [3.63, 3.8) is 0 Å². The molecule has 4 aliphatic carbocycles. The molecule has 0 aromatic heterocycles. The van der Waals surface area contributed by atoms with E-state index in [-0.39, 0.29) is 36.4 Å². The number of rotatable bonds is 7. The maximum atomic E-state index is 12.8. The minimum Gasteiger partial charge on any atom is -0.480 e. The van der Waals surface area contributed by atoms with Crippen LogP contribution in [0.4, 0.5) is 0 Å². The van der Waals surface area contributed by atoms with E-state index in [0.717, 1.165) is 43.4 Å². The van der Waals surface area contributed by atoms with Crippen molar-refractivity contribution in [3.05, 3.63) is 0 Å². The Morgan fingerprint density at radius 1 is 1.17 bits per heavy atom. The van der Waals surface area contributed by atoms with Gasteiger partial charge < -0.3 is 10.4 Å². The van der Waals surface area contributed by atoms with Gasteiger partial charge in [0, 0.05) is 5.54 Å². The Morgan fingerprint density at radius 3 is 2.08 bits per heavy atom. The molecular weight excluding hydrogens is 328 g/mol. The number of amides is 1. The highest BCUT2D eigenvalue weighted by molar-refractivity contribution is 5.85. The number of carbonyl (C=O) groups is 2. The summed E-state index contributed by atoms with van der Waals surface area (Å²) in [7, 11) is 0. The molecule has 138 valence electrons. The van der Waals surface area contributed by atoms with E-state index in [1.54, 1.807) is 4.90 Å². The van der Waals surface area contributed by atoms with Crippen LogP contribution >= 0.6 is 12.4 Å². The van der Waals surface area contributed by atoms with Crippen molar-refractivity contribution in [1.29, 1.82) is 0 Å². The van der Waals surface area contributed by atoms with Gasteiger partial charge in [0.15, 0.2) is 0 Å². The van der Waals surface area contributed by atoms with E-state index in [2.05, 4.69) is 5.32 Å². The Kier molecular flexibility index (Phi) is 6.19. The van der Waals surface area contributed by atoms with Gasteiger partial charge in [-0.1, -0.05) is 6.92 Å². The van der Waals surface area contributed by atoms with Crippen molar-refractivity contribution < 1.29 is 14.7 Å². The first-order chi connectivity index (χ1) is 10.9. The van der Waals surface area contributed by atoms with Crippen molar-refractivity contribution in [3.8, 4) is 0 Å². The summed E-state index contributed by atoms with van der Waals surface area (Å²) in [4.78, 5) is 25.6. The van der Waals surface area contributed by atoms with Crippen molar-refractivity contribution in [2.75, 3.05) is 13.1 Å². The maximum absolute atomic E-state index is 12.8. The molecule has 4 aliphatic rings. The van der Waals surface area contributed by atoms with Crippen LogP contribution < -0.4 is 5.32 Å². The highest BCUT2D eigenvalue weighted by atomic mass is 35.5. The molecule has 1 atom stereocenters. The fourth-order valence-corrected chi connectivity index (χ4v) is 5.67. The van der Waals surface area contributed by atoms with Gasteiger partial charge in [0.05, 0.1) is 12.6 Å². The van der Waals surface area contributed by atoms with E-state index < -0.39 is 5.97 Å². The number of hydrogen-bond acceptors (Lipinski definition) is 3. The number of carboxylic acid groups (broad SMARTS) is 1. The monoisotopic (exact) mass is 358 g/mol. The summed E-state index contributed by atoms with van der Waals surface area (Å²) in [6.07, 6.45) is 8.30. The molecule has 1 amide bonds. The average molecular weight is 359 g/mol. The van der Waals surface area contributed by atoms with E-state index in [1.807, 2.05) is 13.8 Å². The van der Waals surface area contributed by atoms with Gasteiger partial charge in [0.1, 0.15) is 0 Å². The average Bonchev–Trinajstić information content (AvgIpc) is 2.43. The Morgan fingerprint density at radius 2 is 1.67 bits per heavy atom. The van der Waals surface area contributed by atoms with Crippen LogP contribution in [-0.2, 0) is 9.59 Å². The number of nitrogens with one attached hydrogen (secondary N) is 1. The molecule has 24 heavy (non-hydrogen) atoms. The molecule has 0 aromatic carbocycles. The molecule has 4 rings (SSSR count). The van der Waals surface area contributed by atoms with E-state index in [1.165, 1.54) is 19.3 Å². The smallest absolute Gasteiger partial charge is 0.317 e. The summed E-state index contributed by atoms with van der Waals surface area (Å²) in [6.45, 7) is 4.43. The third-order valence-electron chi connectivity index (χ3n) is 6.20. The zero-order chi connectivity index (χ0) is 16.6. The van der Waals surface area contributed by atoms with Gasteiger partial charge in [-0.25, -0.2) is 0 Å². The Hall–Kier alpha value is -0.810. The summed E-state index contributed by atoms with van der Waals surface area (Å²) in [5, 5.41) is 12.4. The number of carboxylic acids is 1. The van der Waals surface area contributed by atoms with Crippen LogP contribution in [0.2, 0.25) is 0 Å². The Bertz CT molecular complexity index is 448. The fourth-order valence-electron chi connectivity index (χ4n) is 5.67. The zero-order valence-electron chi connectivity index (χ0n) is 14.8. The third kappa shape index (κ3) is 4.05. The molecule has 0 spiro atoms. The molecule has 5 nitrogen and oxygen atoms in total. The van der Waals surface area contributed by atoms with Crippen molar-refractivity contribution in [2.24, 2.45) is 17.8 Å². The SMILES string of the molecule is CCCN(CC(=O)O)C(C)C(=O)NC12CC3CC(CC(C3)C1)C2.Cl. The first-order valence-electron chi connectivity index (χ1n) is 9.18. The number of halogens is 1. The summed E-state index contributed by atoms with van der Waals surface area (Å²) in [6, 6.07) is -0.376. The Balaban J connectivity index is 0.00000208. The molecule has 2 N–H and O–H groups in total. The second-order valence-corrected chi connectivity index (χ2v) is 8.23. The van der Waals surface area contributed by atoms with Crippen molar-refractivity contribution in [2.45, 2.75) is 70.4 Å². The van der Waals surface area contributed by atoms with Gasteiger partial charge in [-0.05, 0) is 76.2 Å². The lowest BCUT2D eigenvalue weighted by Gasteiger charge is -2.57. The summed E-state index contributed by atoms with van der Waals surface area (Å²) >= 11 is 0. The number of aliphatic carboxylic acids is 1. The Labute approximate surface area is 151 Å². The maximum Gasteiger partial charge on any atom is 0.317 e. The zero-order valence-corrected chi connectivity index (χ0v) is 15.6. The van der Waals surface area contributed by atoms with Crippen molar-refractivity contribution >= 4 is 24.3 Å². The summed E-state index contributed by atoms with van der Waals surface area (Å²) < 4.78 is 0. The summed E-state index contributed by atoms with van der Waals surface area (Å²) in [5.41, 5.74) is 0.00119. The van der Waals surface area contributed by atoms with Crippen LogP contribution in [0.3, 0.4) is 0 Å². The predicted octanol–water partition coefficient (Wildman–Crippen LogP) is 2.68. The van der Waals surface area contributed by atoms with Gasteiger partial charge >= 0.3 is 5.97 Å². The topological polar surface area (TPSA) is 69.6 Å². The molecule has 6 heteroatoms. The van der Waals surface area contributed by atoms with Gasteiger partial charge in [-0.15, -0.1) is 12.4 Å². The van der Waals surface area contributed by atoms with Gasteiger partial charge in [0.25, 0.3) is 0 Å². The fraction of sp³-hybridized carbons (Fsp3) is 0.889. The van der Waals surface area contributed by atoms with E-state index in [4.69, 9.17) is 5.11 Å². The van der Waals surface area contributed by atoms with Crippen LogP contribution in [0.5, 0.6) is 0 Å². The van der Waals surface area contributed by atoms with Crippen LogP contribution in [-0.4, -0.2) is 46.6 Å². The second-order valence-electron chi connectivity index (χ2n) is 8.23. The minimum absolute atomic E-state index is 0. The lowest BCUT2D eigenvalue weighted by atomic mass is 9.53. The minimum atomic E-state index is -0.868. The van der Waals surface area contributed by atoms with Crippen LogP contribution in [0.1, 0.15) is 58.8 Å². The highest BCUT2D eigenvalue weighted by Crippen LogP contribution is 2.55. The van der Waals surface area contributed by atoms with E-state index in [9.17, 15) is 9.59 Å². The molecule has 0 aliphatic heterocycles. The molecule has 4 bridgehead atoms. The standard InChI is InChI=1S/C18H30N2O3.ClH/c1-3-4-20(11-16(21)22)12(2)17(23)19-18-8-13-5-14(9-18)7-15(6-13)10-18;/h12-15H,3-11H2,1-2H3,(H,19,23)(H,21,22);1H. The van der Waals surface area contributed by atoms with E-state index >= 15 is 0 Å². The largest absolute Gasteiger partial charge is 0.480 e. The van der Waals surface area contributed by atoms with Gasteiger partial charge in [0.2, 0.25) is 5.91 Å². The summed E-state index contributed by atoms with van der Waals surface area (Å²) in [5.74, 6) is 1.53. The molecule has 0 aromatic rings. The molecule has 0 saturated heterocycles. The quantitative estimate of drug-likeness (QED) is 0.734. The number of carbonyl (C=O) groups excluding carboxylic acids is 1. The van der Waals surface area contributed by atoms with Crippen LogP contribution in [0.25, 0.3) is 0 Å². The third-order valence-corrected chi connectivity index (χ3v) is 6.20. The van der Waals surface area contributed by atoms with Gasteiger partial charge in [-0.3, -0.25) is 14.5 Å². The van der Waals surface area contributed by atoms with Gasteiger partial charge in [-0.2, -0.15) is 0 Å². The number of nitrogens with zero attached hydrogens (tertiary/aromatic N) is 1. The predicted molar refractivity (Wildman–Crippen MR) is 95.3 cm³/mol. The van der Waals surface area contributed by atoms with Crippen molar-refractivity contribution in [1.82, 2.24) is 10.2 Å². The first kappa shape index (κ1) is 19.5. The molecule has 0 radical (unpaired) electrons. The molecule has 1 unspecified atom stereocenters. The second kappa shape index (κ2) is 7.61. The lowest BCUT2D eigenvalue weighted by Crippen LogP contribution is -2.62. The lowest BCUT2D eigenvalue weighted by molar-refractivity contribution is -0.140.